The molecular formula is C10H14F2N2O. The second kappa shape index (κ2) is 4.93. The van der Waals surface area contributed by atoms with Crippen LogP contribution >= 0.6 is 0 Å². The first-order chi connectivity index (χ1) is 6.99. The fourth-order valence-electron chi connectivity index (χ4n) is 1.31. The van der Waals surface area contributed by atoms with Crippen LogP contribution < -0.4 is 5.73 Å². The minimum Gasteiger partial charge on any atom is -0.506 e. The number of alkyl halides is 2. The summed E-state index contributed by atoms with van der Waals surface area (Å²) in [7, 11) is 1.61. The molecule has 0 fully saturated rings. The molecule has 0 aliphatic heterocycles. The van der Waals surface area contributed by atoms with Gasteiger partial charge >= 0.3 is 0 Å². The van der Waals surface area contributed by atoms with Crippen LogP contribution in [-0.2, 0) is 6.54 Å². The van der Waals surface area contributed by atoms with Crippen LogP contribution in [0.4, 0.5) is 14.5 Å². The molecule has 0 saturated heterocycles. The lowest BCUT2D eigenvalue weighted by Gasteiger charge is -2.16. The van der Waals surface area contributed by atoms with Crippen molar-refractivity contribution in [3.8, 4) is 5.75 Å². The van der Waals surface area contributed by atoms with Crippen molar-refractivity contribution in [3.63, 3.8) is 0 Å². The first-order valence-corrected chi connectivity index (χ1v) is 4.53. The van der Waals surface area contributed by atoms with Crippen molar-refractivity contribution < 1.29 is 13.9 Å². The van der Waals surface area contributed by atoms with Gasteiger partial charge in [0.25, 0.3) is 6.43 Å². The highest BCUT2D eigenvalue weighted by Gasteiger charge is 2.08. The Hall–Kier alpha value is -1.36. The Labute approximate surface area is 87.1 Å². The predicted octanol–water partition coefficient (Wildman–Crippen LogP) is 1.67. The van der Waals surface area contributed by atoms with E-state index >= 15 is 0 Å². The Morgan fingerprint density at radius 1 is 1.47 bits per heavy atom. The minimum atomic E-state index is -2.34. The summed E-state index contributed by atoms with van der Waals surface area (Å²) >= 11 is 0. The van der Waals surface area contributed by atoms with E-state index in [0.29, 0.717) is 6.54 Å². The van der Waals surface area contributed by atoms with Crippen LogP contribution in [0, 0.1) is 0 Å². The molecule has 0 saturated carbocycles. The molecule has 0 aliphatic rings. The van der Waals surface area contributed by atoms with Gasteiger partial charge < -0.3 is 10.8 Å². The Balaban J connectivity index is 2.60. The number of nitrogen functional groups attached to an aromatic ring is 1. The van der Waals surface area contributed by atoms with Gasteiger partial charge in [-0.15, -0.1) is 0 Å². The van der Waals surface area contributed by atoms with Gasteiger partial charge in [0.1, 0.15) is 5.75 Å². The number of nitrogens with zero attached hydrogens (tertiary/aromatic N) is 1. The van der Waals surface area contributed by atoms with Crippen molar-refractivity contribution in [2.75, 3.05) is 19.3 Å². The number of nitrogens with two attached hydrogens (primary N) is 1. The molecule has 0 heterocycles. The van der Waals surface area contributed by atoms with Crippen LogP contribution in [0.1, 0.15) is 5.56 Å². The normalized spacial score (nSPS) is 11.3. The maximum absolute atomic E-state index is 12.0. The number of hydrogen-bond donors (Lipinski definition) is 2. The van der Waals surface area contributed by atoms with Crippen molar-refractivity contribution in [3.05, 3.63) is 23.8 Å². The van der Waals surface area contributed by atoms with Gasteiger partial charge in [-0.05, 0) is 24.7 Å². The molecule has 84 valence electrons. The second-order valence-corrected chi connectivity index (χ2v) is 3.48. The van der Waals surface area contributed by atoms with Crippen LogP contribution in [0.25, 0.3) is 0 Å². The van der Waals surface area contributed by atoms with Crippen LogP contribution in [-0.4, -0.2) is 30.0 Å². The second-order valence-electron chi connectivity index (χ2n) is 3.48. The lowest BCUT2D eigenvalue weighted by Crippen LogP contribution is -2.24. The summed E-state index contributed by atoms with van der Waals surface area (Å²) in [4.78, 5) is 1.50. The Morgan fingerprint density at radius 3 is 2.67 bits per heavy atom. The van der Waals surface area contributed by atoms with E-state index in [1.165, 1.54) is 11.0 Å². The average molecular weight is 216 g/mol. The zero-order valence-electron chi connectivity index (χ0n) is 8.45. The fraction of sp³-hybridized carbons (Fsp3) is 0.400. The number of anilines is 1. The molecule has 0 aliphatic carbocycles. The molecule has 3 N–H and O–H groups in total. The molecule has 0 unspecified atom stereocenters. The van der Waals surface area contributed by atoms with Crippen molar-refractivity contribution in [2.45, 2.75) is 13.0 Å². The molecule has 15 heavy (non-hydrogen) atoms. The molecule has 0 amide bonds. The standard InChI is InChI=1S/C10H14F2N2O/c1-14(6-10(11)12)5-7-2-3-9(15)8(13)4-7/h2-4,10,15H,5-6,13H2,1H3. The van der Waals surface area contributed by atoms with Gasteiger partial charge in [0.05, 0.1) is 12.2 Å². The summed E-state index contributed by atoms with van der Waals surface area (Å²) in [5.74, 6) is 0.00950. The van der Waals surface area contributed by atoms with Crippen LogP contribution in [0.5, 0.6) is 5.75 Å². The first-order valence-electron chi connectivity index (χ1n) is 4.53. The summed E-state index contributed by atoms with van der Waals surface area (Å²) in [5, 5.41) is 9.16. The van der Waals surface area contributed by atoms with Gasteiger partial charge in [0, 0.05) is 6.54 Å². The number of phenols is 1. The van der Waals surface area contributed by atoms with E-state index in [-0.39, 0.29) is 18.0 Å². The van der Waals surface area contributed by atoms with Crippen LogP contribution in [0.2, 0.25) is 0 Å². The van der Waals surface area contributed by atoms with E-state index in [1.807, 2.05) is 0 Å². The summed E-state index contributed by atoms with van der Waals surface area (Å²) < 4.78 is 24.0. The average Bonchev–Trinajstić information content (AvgIpc) is 2.10. The molecule has 5 heteroatoms. The van der Waals surface area contributed by atoms with Gasteiger partial charge in [-0.2, -0.15) is 0 Å². The van der Waals surface area contributed by atoms with E-state index in [2.05, 4.69) is 0 Å². The largest absolute Gasteiger partial charge is 0.506 e. The first kappa shape index (κ1) is 11.7. The summed E-state index contributed by atoms with van der Waals surface area (Å²) in [6.45, 7) is 0.107. The zero-order chi connectivity index (χ0) is 11.4. The molecular weight excluding hydrogens is 202 g/mol. The third-order valence-electron chi connectivity index (χ3n) is 1.99. The maximum Gasteiger partial charge on any atom is 0.251 e. The lowest BCUT2D eigenvalue weighted by molar-refractivity contribution is 0.0975. The Morgan fingerprint density at radius 2 is 2.13 bits per heavy atom. The van der Waals surface area contributed by atoms with Gasteiger partial charge in [0.15, 0.2) is 0 Å². The highest BCUT2D eigenvalue weighted by molar-refractivity contribution is 5.53. The number of phenolic OH excluding ortho intramolecular Hbond substituents is 1. The molecule has 0 aromatic heterocycles. The number of aromatic hydroxyl groups is 1. The highest BCUT2D eigenvalue weighted by Crippen LogP contribution is 2.21. The van der Waals surface area contributed by atoms with Gasteiger partial charge in [-0.3, -0.25) is 4.90 Å². The summed E-state index contributed by atoms with van der Waals surface area (Å²) in [6, 6.07) is 4.70. The van der Waals surface area contributed by atoms with Gasteiger partial charge in [-0.1, -0.05) is 6.07 Å². The SMILES string of the molecule is CN(Cc1ccc(O)c(N)c1)CC(F)F. The van der Waals surface area contributed by atoms with Crippen molar-refractivity contribution in [1.29, 1.82) is 0 Å². The third kappa shape index (κ3) is 3.71. The Kier molecular flexibility index (Phi) is 3.85. The van der Waals surface area contributed by atoms with E-state index in [4.69, 9.17) is 10.8 Å². The van der Waals surface area contributed by atoms with Crippen LogP contribution in [0.15, 0.2) is 18.2 Å². The number of hydrogen-bond acceptors (Lipinski definition) is 3. The smallest absolute Gasteiger partial charge is 0.251 e. The van der Waals surface area contributed by atoms with Crippen molar-refractivity contribution >= 4 is 5.69 Å². The van der Waals surface area contributed by atoms with Gasteiger partial charge in [0.2, 0.25) is 0 Å². The molecule has 0 bridgehead atoms. The van der Waals surface area contributed by atoms with Crippen LogP contribution in [0.3, 0.4) is 0 Å². The molecule has 1 rings (SSSR count). The predicted molar refractivity (Wildman–Crippen MR) is 54.9 cm³/mol. The number of benzene rings is 1. The fourth-order valence-corrected chi connectivity index (χ4v) is 1.31. The quantitative estimate of drug-likeness (QED) is 0.594. The van der Waals surface area contributed by atoms with E-state index < -0.39 is 6.43 Å². The van der Waals surface area contributed by atoms with E-state index in [0.717, 1.165) is 5.56 Å². The molecule has 0 spiro atoms. The lowest BCUT2D eigenvalue weighted by atomic mass is 10.2. The molecule has 3 nitrogen and oxygen atoms in total. The summed E-state index contributed by atoms with van der Waals surface area (Å²) in [6.07, 6.45) is -2.34. The molecule has 0 radical (unpaired) electrons. The van der Waals surface area contributed by atoms with Gasteiger partial charge in [-0.25, -0.2) is 8.78 Å². The highest BCUT2D eigenvalue weighted by atomic mass is 19.3. The molecule has 1 aromatic carbocycles. The molecule has 0 atom stereocenters. The van der Waals surface area contributed by atoms with E-state index in [9.17, 15) is 8.78 Å². The number of rotatable bonds is 4. The molecule has 1 aromatic rings. The maximum atomic E-state index is 12.0. The third-order valence-corrected chi connectivity index (χ3v) is 1.99. The van der Waals surface area contributed by atoms with E-state index in [1.54, 1.807) is 19.2 Å². The monoisotopic (exact) mass is 216 g/mol. The minimum absolute atomic E-state index is 0.00950. The Bertz CT molecular complexity index is 331. The summed E-state index contributed by atoms with van der Waals surface area (Å²) in [5.41, 5.74) is 6.54. The van der Waals surface area contributed by atoms with Crippen molar-refractivity contribution in [1.82, 2.24) is 4.90 Å². The van der Waals surface area contributed by atoms with Crippen molar-refractivity contribution in [2.24, 2.45) is 0 Å². The zero-order valence-corrected chi connectivity index (χ0v) is 8.45. The number of halogens is 2. The topological polar surface area (TPSA) is 49.5 Å².